The van der Waals surface area contributed by atoms with Gasteiger partial charge in [-0.1, -0.05) is 38.1 Å². The average Bonchev–Trinajstić information content (AvgIpc) is 2.97. The van der Waals surface area contributed by atoms with Gasteiger partial charge in [-0.3, -0.25) is 9.59 Å². The van der Waals surface area contributed by atoms with Gasteiger partial charge in [-0.25, -0.2) is 0 Å². The van der Waals surface area contributed by atoms with Gasteiger partial charge in [-0.15, -0.1) is 0 Å². The van der Waals surface area contributed by atoms with Crippen molar-refractivity contribution in [2.24, 2.45) is 0 Å². The smallest absolute Gasteiger partial charge is 0.258 e. The van der Waals surface area contributed by atoms with Crippen LogP contribution in [0.25, 0.3) is 11.1 Å². The van der Waals surface area contributed by atoms with E-state index < -0.39 is 0 Å². The fourth-order valence-corrected chi connectivity index (χ4v) is 3.19. The Kier molecular flexibility index (Phi) is 3.73. The van der Waals surface area contributed by atoms with Crippen LogP contribution in [0.5, 0.6) is 0 Å². The fraction of sp³-hybridized carbons (Fsp3) is 0.368. The Balaban J connectivity index is 2.24. The average molecular weight is 295 g/mol. The Morgan fingerprint density at radius 3 is 2.68 bits per heavy atom. The number of carbonyl (C=O) groups excluding carboxylic acids is 1. The summed E-state index contributed by atoms with van der Waals surface area (Å²) in [4.78, 5) is 24.7. The second-order valence-corrected chi connectivity index (χ2v) is 6.32. The van der Waals surface area contributed by atoms with Crippen LogP contribution in [0.1, 0.15) is 54.7 Å². The van der Waals surface area contributed by atoms with Gasteiger partial charge in [0.2, 0.25) is 0 Å². The van der Waals surface area contributed by atoms with Gasteiger partial charge in [0.05, 0.1) is 0 Å². The monoisotopic (exact) mass is 295 g/mol. The largest absolute Gasteiger partial charge is 0.311 e. The van der Waals surface area contributed by atoms with Gasteiger partial charge in [0.1, 0.15) is 0 Å². The summed E-state index contributed by atoms with van der Waals surface area (Å²) < 4.78 is 1.79. The molecule has 0 saturated heterocycles. The maximum Gasteiger partial charge on any atom is 0.258 e. The van der Waals surface area contributed by atoms with Crippen molar-refractivity contribution in [2.75, 3.05) is 0 Å². The minimum atomic E-state index is 0.0263. The van der Waals surface area contributed by atoms with Crippen LogP contribution in [0, 0.1) is 0 Å². The van der Waals surface area contributed by atoms with Gasteiger partial charge in [-0.05, 0) is 42.9 Å². The highest BCUT2D eigenvalue weighted by Crippen LogP contribution is 2.26. The van der Waals surface area contributed by atoms with E-state index in [2.05, 4.69) is 26.0 Å². The van der Waals surface area contributed by atoms with Crippen LogP contribution in [0.4, 0.5) is 0 Å². The lowest BCUT2D eigenvalue weighted by molar-refractivity contribution is 0.101. The van der Waals surface area contributed by atoms with Gasteiger partial charge in [0.25, 0.3) is 5.56 Å². The summed E-state index contributed by atoms with van der Waals surface area (Å²) in [7, 11) is 0. The van der Waals surface area contributed by atoms with E-state index in [9.17, 15) is 9.59 Å². The van der Waals surface area contributed by atoms with Crippen molar-refractivity contribution in [3.63, 3.8) is 0 Å². The molecule has 1 aliphatic heterocycles. The molecule has 0 N–H and O–H groups in total. The molecule has 22 heavy (non-hydrogen) atoms. The highest BCUT2D eigenvalue weighted by molar-refractivity contribution is 5.96. The first kappa shape index (κ1) is 14.8. The highest BCUT2D eigenvalue weighted by Gasteiger charge is 2.21. The Bertz CT molecular complexity index is 800. The standard InChI is InChI=1S/C19H21NO2/c1-12(2)14-6-4-7-15(10-14)17-11-16(13(3)21)18-8-5-9-20(18)19(17)22/h4,6-7,10-12H,5,8-9H2,1-3H3. The van der Waals surface area contributed by atoms with Crippen molar-refractivity contribution in [1.82, 2.24) is 4.57 Å². The van der Waals surface area contributed by atoms with Crippen molar-refractivity contribution in [2.45, 2.75) is 46.1 Å². The van der Waals surface area contributed by atoms with Gasteiger partial charge in [-0.2, -0.15) is 0 Å². The van der Waals surface area contributed by atoms with Crippen LogP contribution in [-0.4, -0.2) is 10.4 Å². The molecule has 3 heteroatoms. The van der Waals surface area contributed by atoms with Gasteiger partial charge >= 0.3 is 0 Å². The van der Waals surface area contributed by atoms with E-state index in [-0.39, 0.29) is 11.3 Å². The molecule has 0 fully saturated rings. The third-order valence-corrected chi connectivity index (χ3v) is 4.44. The first-order chi connectivity index (χ1) is 10.5. The number of aromatic nitrogens is 1. The minimum Gasteiger partial charge on any atom is -0.311 e. The molecule has 3 nitrogen and oxygen atoms in total. The van der Waals surface area contributed by atoms with Crippen LogP contribution in [0.15, 0.2) is 35.1 Å². The second-order valence-electron chi connectivity index (χ2n) is 6.32. The van der Waals surface area contributed by atoms with E-state index in [1.807, 2.05) is 12.1 Å². The third kappa shape index (κ3) is 2.41. The SMILES string of the molecule is CC(=O)c1cc(-c2cccc(C(C)C)c2)c(=O)n2c1CCC2. The lowest BCUT2D eigenvalue weighted by Gasteiger charge is -2.13. The van der Waals surface area contributed by atoms with Crippen LogP contribution in [0.2, 0.25) is 0 Å². The molecule has 0 saturated carbocycles. The Hall–Kier alpha value is -2.16. The highest BCUT2D eigenvalue weighted by atomic mass is 16.1. The van der Waals surface area contributed by atoms with E-state index >= 15 is 0 Å². The predicted molar refractivity (Wildman–Crippen MR) is 88.6 cm³/mol. The molecule has 0 unspecified atom stereocenters. The van der Waals surface area contributed by atoms with E-state index in [1.54, 1.807) is 17.6 Å². The Labute approximate surface area is 130 Å². The van der Waals surface area contributed by atoms with E-state index in [0.717, 1.165) is 24.1 Å². The van der Waals surface area contributed by atoms with Crippen LogP contribution >= 0.6 is 0 Å². The number of benzene rings is 1. The zero-order valence-electron chi connectivity index (χ0n) is 13.3. The Morgan fingerprint density at radius 2 is 2.00 bits per heavy atom. The molecule has 114 valence electrons. The molecule has 1 aliphatic rings. The van der Waals surface area contributed by atoms with Crippen LogP contribution < -0.4 is 5.56 Å². The summed E-state index contributed by atoms with van der Waals surface area (Å²) in [5, 5.41) is 0. The number of carbonyl (C=O) groups is 1. The van der Waals surface area contributed by atoms with Crippen molar-refractivity contribution in [3.8, 4) is 11.1 Å². The Morgan fingerprint density at radius 1 is 1.23 bits per heavy atom. The first-order valence-corrected chi connectivity index (χ1v) is 7.87. The molecular weight excluding hydrogens is 274 g/mol. The summed E-state index contributed by atoms with van der Waals surface area (Å²) in [5.74, 6) is 0.441. The molecule has 1 aromatic carbocycles. The number of hydrogen-bond donors (Lipinski definition) is 0. The normalized spacial score (nSPS) is 13.5. The molecule has 0 bridgehead atoms. The number of fused-ring (bicyclic) bond motifs is 1. The quantitative estimate of drug-likeness (QED) is 0.808. The summed E-state index contributed by atoms with van der Waals surface area (Å²) in [6.07, 6.45) is 1.75. The number of hydrogen-bond acceptors (Lipinski definition) is 2. The molecule has 0 atom stereocenters. The molecule has 0 aliphatic carbocycles. The third-order valence-electron chi connectivity index (χ3n) is 4.44. The molecule has 0 radical (unpaired) electrons. The number of rotatable bonds is 3. The van der Waals surface area contributed by atoms with Crippen molar-refractivity contribution in [1.29, 1.82) is 0 Å². The molecular formula is C19H21NO2. The summed E-state index contributed by atoms with van der Waals surface area (Å²) in [6, 6.07) is 9.86. The lowest BCUT2D eigenvalue weighted by Crippen LogP contribution is -2.23. The molecule has 1 aromatic heterocycles. The van der Waals surface area contributed by atoms with Crippen molar-refractivity contribution < 1.29 is 4.79 Å². The first-order valence-electron chi connectivity index (χ1n) is 7.87. The number of nitrogens with zero attached hydrogens (tertiary/aromatic N) is 1. The zero-order valence-corrected chi connectivity index (χ0v) is 13.3. The minimum absolute atomic E-state index is 0.0263. The molecule has 0 amide bonds. The summed E-state index contributed by atoms with van der Waals surface area (Å²) in [6.45, 7) is 6.56. The van der Waals surface area contributed by atoms with Crippen LogP contribution in [-0.2, 0) is 13.0 Å². The topological polar surface area (TPSA) is 39.1 Å². The zero-order chi connectivity index (χ0) is 15.9. The van der Waals surface area contributed by atoms with E-state index in [4.69, 9.17) is 0 Å². The molecule has 2 heterocycles. The fourth-order valence-electron chi connectivity index (χ4n) is 3.19. The summed E-state index contributed by atoms with van der Waals surface area (Å²) in [5.41, 5.74) is 4.37. The van der Waals surface area contributed by atoms with Gasteiger partial charge in [0.15, 0.2) is 5.78 Å². The van der Waals surface area contributed by atoms with E-state index in [1.165, 1.54) is 5.56 Å². The second kappa shape index (κ2) is 5.56. The molecule has 2 aromatic rings. The number of pyridine rings is 1. The van der Waals surface area contributed by atoms with Gasteiger partial charge in [0, 0.05) is 23.4 Å². The maximum absolute atomic E-state index is 12.8. The van der Waals surface area contributed by atoms with Gasteiger partial charge < -0.3 is 4.57 Å². The summed E-state index contributed by atoms with van der Waals surface area (Å²) >= 11 is 0. The lowest BCUT2D eigenvalue weighted by atomic mass is 9.96. The maximum atomic E-state index is 12.8. The number of ketones is 1. The molecule has 0 spiro atoms. The molecule has 3 rings (SSSR count). The van der Waals surface area contributed by atoms with E-state index in [0.29, 0.717) is 23.6 Å². The predicted octanol–water partition coefficient (Wildman–Crippen LogP) is 3.79. The van der Waals surface area contributed by atoms with Crippen molar-refractivity contribution in [3.05, 3.63) is 57.5 Å². The number of Topliss-reactive ketones (excluding diaryl/α,β-unsaturated/α-hetero) is 1. The van der Waals surface area contributed by atoms with Crippen LogP contribution in [0.3, 0.4) is 0 Å². The van der Waals surface area contributed by atoms with Crippen molar-refractivity contribution >= 4 is 5.78 Å².